The van der Waals surface area contributed by atoms with Crippen LogP contribution in [-0.4, -0.2) is 27.6 Å². The molecule has 102 valence electrons. The number of hydrogen-bond acceptors (Lipinski definition) is 2. The van der Waals surface area contributed by atoms with Crippen LogP contribution in [0.15, 0.2) is 6.20 Å². The summed E-state index contributed by atoms with van der Waals surface area (Å²) in [6, 6.07) is 0. The van der Waals surface area contributed by atoms with E-state index in [4.69, 9.17) is 11.6 Å². The van der Waals surface area contributed by atoms with Crippen molar-refractivity contribution in [3.05, 3.63) is 16.9 Å². The van der Waals surface area contributed by atoms with Crippen LogP contribution in [0.25, 0.3) is 0 Å². The van der Waals surface area contributed by atoms with E-state index in [2.05, 4.69) is 5.10 Å². The average molecular weight is 272 g/mol. The maximum absolute atomic E-state index is 12.1. The summed E-state index contributed by atoms with van der Waals surface area (Å²) in [4.78, 5) is 13.9. The summed E-state index contributed by atoms with van der Waals surface area (Å²) in [5.74, 6) is 0.268. The smallest absolute Gasteiger partial charge is 0.225 e. The molecule has 0 saturated heterocycles. The third-order valence-electron chi connectivity index (χ3n) is 3.21. The van der Waals surface area contributed by atoms with Gasteiger partial charge in [0.2, 0.25) is 5.91 Å². The minimum Gasteiger partial charge on any atom is -0.339 e. The van der Waals surface area contributed by atoms with Crippen LogP contribution in [0.4, 0.5) is 0 Å². The minimum absolute atomic E-state index is 0.0991. The molecule has 1 heterocycles. The molecule has 4 nitrogen and oxygen atoms in total. The second kappa shape index (κ2) is 6.78. The van der Waals surface area contributed by atoms with Gasteiger partial charge in [-0.15, -0.1) is 0 Å². The molecule has 18 heavy (non-hydrogen) atoms. The van der Waals surface area contributed by atoms with Gasteiger partial charge in [-0.25, -0.2) is 0 Å². The molecule has 0 aliphatic heterocycles. The molecule has 0 spiro atoms. The van der Waals surface area contributed by atoms with Gasteiger partial charge in [0.25, 0.3) is 0 Å². The zero-order valence-electron chi connectivity index (χ0n) is 11.6. The lowest BCUT2D eigenvalue weighted by Crippen LogP contribution is -2.32. The van der Waals surface area contributed by atoms with E-state index >= 15 is 0 Å². The summed E-state index contributed by atoms with van der Waals surface area (Å²) in [7, 11) is 1.81. The number of aryl methyl sites for hydroxylation is 1. The van der Waals surface area contributed by atoms with Gasteiger partial charge in [-0.1, -0.05) is 25.4 Å². The van der Waals surface area contributed by atoms with Crippen LogP contribution in [0.2, 0.25) is 5.02 Å². The summed E-state index contributed by atoms with van der Waals surface area (Å²) in [5, 5.41) is 4.98. The molecule has 1 aromatic heterocycles. The van der Waals surface area contributed by atoms with Crippen molar-refractivity contribution in [1.29, 1.82) is 0 Å². The van der Waals surface area contributed by atoms with Gasteiger partial charge in [-0.05, 0) is 19.8 Å². The monoisotopic (exact) mass is 271 g/mol. The third kappa shape index (κ3) is 3.48. The molecular formula is C13H22ClN3O. The lowest BCUT2D eigenvalue weighted by molar-refractivity contribution is -0.135. The average Bonchev–Trinajstić information content (AvgIpc) is 2.71. The SMILES string of the molecule is CCC(CC)C(=O)N(C)Cc1nn(CC)cc1Cl. The van der Waals surface area contributed by atoms with Crippen LogP contribution in [0.5, 0.6) is 0 Å². The molecule has 0 fully saturated rings. The summed E-state index contributed by atoms with van der Waals surface area (Å²) in [6.07, 6.45) is 3.54. The predicted molar refractivity (Wildman–Crippen MR) is 73.5 cm³/mol. The van der Waals surface area contributed by atoms with Crippen molar-refractivity contribution in [2.75, 3.05) is 7.05 Å². The van der Waals surface area contributed by atoms with Crippen molar-refractivity contribution >= 4 is 17.5 Å². The van der Waals surface area contributed by atoms with Crippen molar-refractivity contribution in [3.63, 3.8) is 0 Å². The largest absolute Gasteiger partial charge is 0.339 e. The Morgan fingerprint density at radius 3 is 2.50 bits per heavy atom. The van der Waals surface area contributed by atoms with Crippen molar-refractivity contribution < 1.29 is 4.79 Å². The van der Waals surface area contributed by atoms with E-state index in [0.29, 0.717) is 11.6 Å². The number of carbonyl (C=O) groups excluding carboxylic acids is 1. The van der Waals surface area contributed by atoms with Gasteiger partial charge in [0, 0.05) is 25.7 Å². The fourth-order valence-electron chi connectivity index (χ4n) is 1.96. The Hall–Kier alpha value is -1.03. The second-order valence-corrected chi connectivity index (χ2v) is 4.89. The quantitative estimate of drug-likeness (QED) is 0.798. The van der Waals surface area contributed by atoms with Gasteiger partial charge in [0.15, 0.2) is 0 Å². The normalized spacial score (nSPS) is 11.0. The first-order chi connectivity index (χ1) is 8.53. The van der Waals surface area contributed by atoms with Crippen LogP contribution in [0, 0.1) is 5.92 Å². The lowest BCUT2D eigenvalue weighted by atomic mass is 10.0. The second-order valence-electron chi connectivity index (χ2n) is 4.49. The van der Waals surface area contributed by atoms with Crippen molar-refractivity contribution in [2.45, 2.75) is 46.7 Å². The van der Waals surface area contributed by atoms with Gasteiger partial charge < -0.3 is 4.90 Å². The molecule has 0 aliphatic rings. The number of aromatic nitrogens is 2. The highest BCUT2D eigenvalue weighted by Crippen LogP contribution is 2.18. The predicted octanol–water partition coefficient (Wildman–Crippen LogP) is 2.95. The summed E-state index contributed by atoms with van der Waals surface area (Å²) in [5.41, 5.74) is 0.764. The van der Waals surface area contributed by atoms with Gasteiger partial charge in [-0.3, -0.25) is 9.48 Å². The zero-order valence-corrected chi connectivity index (χ0v) is 12.4. The lowest BCUT2D eigenvalue weighted by Gasteiger charge is -2.21. The molecule has 0 atom stereocenters. The first-order valence-corrected chi connectivity index (χ1v) is 6.87. The highest BCUT2D eigenvalue weighted by molar-refractivity contribution is 6.31. The highest BCUT2D eigenvalue weighted by atomic mass is 35.5. The standard InChI is InChI=1S/C13H22ClN3O/c1-5-10(6-2)13(18)16(4)9-12-11(14)8-17(7-3)15-12/h8,10H,5-7,9H2,1-4H3. The maximum atomic E-state index is 12.1. The van der Waals surface area contributed by atoms with Crippen molar-refractivity contribution in [2.24, 2.45) is 5.92 Å². The molecule has 0 N–H and O–H groups in total. The van der Waals surface area contributed by atoms with E-state index in [0.717, 1.165) is 25.1 Å². The Kier molecular flexibility index (Phi) is 5.66. The summed E-state index contributed by atoms with van der Waals surface area (Å²) in [6.45, 7) is 7.34. The molecule has 0 radical (unpaired) electrons. The minimum atomic E-state index is 0.0991. The number of rotatable bonds is 6. The molecule has 0 aliphatic carbocycles. The van der Waals surface area contributed by atoms with Gasteiger partial charge in [0.05, 0.1) is 11.6 Å². The highest BCUT2D eigenvalue weighted by Gasteiger charge is 2.20. The number of nitrogens with zero attached hydrogens (tertiary/aromatic N) is 3. The van der Waals surface area contributed by atoms with Gasteiger partial charge >= 0.3 is 0 Å². The molecule has 1 amide bonds. The van der Waals surface area contributed by atoms with Crippen LogP contribution >= 0.6 is 11.6 Å². The number of carbonyl (C=O) groups is 1. The maximum Gasteiger partial charge on any atom is 0.225 e. The molecule has 0 unspecified atom stereocenters. The molecule has 1 rings (SSSR count). The molecule has 5 heteroatoms. The molecule has 0 bridgehead atoms. The van der Waals surface area contributed by atoms with Gasteiger partial charge in [0.1, 0.15) is 5.69 Å². The summed E-state index contributed by atoms with van der Waals surface area (Å²) < 4.78 is 1.78. The molecular weight excluding hydrogens is 250 g/mol. The zero-order chi connectivity index (χ0) is 13.7. The molecule has 0 saturated carbocycles. The van der Waals surface area contributed by atoms with Crippen LogP contribution in [0.1, 0.15) is 39.3 Å². The number of amides is 1. The Morgan fingerprint density at radius 1 is 1.44 bits per heavy atom. The Labute approximate surface area is 114 Å². The van der Waals surface area contributed by atoms with Crippen molar-refractivity contribution in [3.8, 4) is 0 Å². The van der Waals surface area contributed by atoms with Crippen LogP contribution < -0.4 is 0 Å². The van der Waals surface area contributed by atoms with Crippen molar-refractivity contribution in [1.82, 2.24) is 14.7 Å². The van der Waals surface area contributed by atoms with Crippen LogP contribution in [-0.2, 0) is 17.9 Å². The first kappa shape index (κ1) is 15.0. The van der Waals surface area contributed by atoms with E-state index in [9.17, 15) is 4.79 Å². The number of halogens is 1. The molecule has 0 aromatic carbocycles. The topological polar surface area (TPSA) is 38.1 Å². The van der Waals surface area contributed by atoms with E-state index < -0.39 is 0 Å². The van der Waals surface area contributed by atoms with Crippen LogP contribution in [0.3, 0.4) is 0 Å². The Bertz CT molecular complexity index is 399. The van der Waals surface area contributed by atoms with E-state index in [1.807, 2.05) is 27.8 Å². The number of hydrogen-bond donors (Lipinski definition) is 0. The Morgan fingerprint density at radius 2 is 2.06 bits per heavy atom. The van der Waals surface area contributed by atoms with E-state index in [1.165, 1.54) is 0 Å². The van der Waals surface area contributed by atoms with Gasteiger partial charge in [-0.2, -0.15) is 5.10 Å². The fourth-order valence-corrected chi connectivity index (χ4v) is 2.17. The Balaban J connectivity index is 2.71. The first-order valence-electron chi connectivity index (χ1n) is 6.50. The fraction of sp³-hybridized carbons (Fsp3) is 0.692. The molecule has 1 aromatic rings. The summed E-state index contributed by atoms with van der Waals surface area (Å²) >= 11 is 6.10. The van der Waals surface area contributed by atoms with E-state index in [-0.39, 0.29) is 11.8 Å². The third-order valence-corrected chi connectivity index (χ3v) is 3.52. The van der Waals surface area contributed by atoms with E-state index in [1.54, 1.807) is 15.8 Å².